The van der Waals surface area contributed by atoms with Crippen molar-refractivity contribution in [2.75, 3.05) is 49.6 Å². The van der Waals surface area contributed by atoms with Crippen molar-refractivity contribution in [2.45, 2.75) is 19.8 Å². The normalized spacial score (nSPS) is 16.6. The van der Waals surface area contributed by atoms with Crippen LogP contribution in [0.3, 0.4) is 0 Å². The largest absolute Gasteiger partial charge is 0.378 e. The molecular weight excluding hydrogens is 406 g/mol. The van der Waals surface area contributed by atoms with Gasteiger partial charge in [0, 0.05) is 37.4 Å². The molecule has 2 saturated heterocycles. The molecule has 0 aliphatic carbocycles. The van der Waals surface area contributed by atoms with E-state index in [2.05, 4.69) is 15.3 Å². The zero-order valence-corrected chi connectivity index (χ0v) is 17.6. The SMILES string of the molecule is Cc1c(NC(=O)c2nc(N3CCCC3)ncc2Cl)cccc1C(=O)N1CCOCC1. The van der Waals surface area contributed by atoms with Crippen LogP contribution in [-0.2, 0) is 4.74 Å². The highest BCUT2D eigenvalue weighted by atomic mass is 35.5. The maximum atomic E-state index is 12.9. The number of carbonyl (C=O) groups excluding carboxylic acids is 2. The van der Waals surface area contributed by atoms with E-state index in [4.69, 9.17) is 16.3 Å². The number of anilines is 2. The van der Waals surface area contributed by atoms with E-state index in [-0.39, 0.29) is 16.6 Å². The summed E-state index contributed by atoms with van der Waals surface area (Å²) >= 11 is 6.21. The molecule has 2 aliphatic heterocycles. The summed E-state index contributed by atoms with van der Waals surface area (Å²) in [5.41, 5.74) is 1.93. The minimum Gasteiger partial charge on any atom is -0.378 e. The van der Waals surface area contributed by atoms with E-state index in [0.717, 1.165) is 25.9 Å². The summed E-state index contributed by atoms with van der Waals surface area (Å²) in [6, 6.07) is 5.29. The molecule has 0 atom stereocenters. The molecule has 30 heavy (non-hydrogen) atoms. The first-order chi connectivity index (χ1) is 14.5. The topological polar surface area (TPSA) is 87.7 Å². The Morgan fingerprint density at radius 3 is 2.60 bits per heavy atom. The molecule has 1 aromatic heterocycles. The maximum absolute atomic E-state index is 12.9. The number of rotatable bonds is 4. The Hall–Kier alpha value is -2.71. The molecule has 0 spiro atoms. The summed E-state index contributed by atoms with van der Waals surface area (Å²) in [7, 11) is 0. The van der Waals surface area contributed by atoms with Gasteiger partial charge in [-0.05, 0) is 37.5 Å². The minimum absolute atomic E-state index is 0.0664. The second-order valence-corrected chi connectivity index (χ2v) is 7.80. The van der Waals surface area contributed by atoms with Crippen LogP contribution in [0.5, 0.6) is 0 Å². The molecule has 9 heteroatoms. The van der Waals surface area contributed by atoms with Crippen LogP contribution in [0.25, 0.3) is 0 Å². The molecule has 2 aliphatic rings. The summed E-state index contributed by atoms with van der Waals surface area (Å²) in [6.45, 7) is 5.75. The molecule has 2 fully saturated rings. The number of hydrogen-bond donors (Lipinski definition) is 1. The Labute approximate surface area is 180 Å². The second-order valence-electron chi connectivity index (χ2n) is 7.40. The lowest BCUT2D eigenvalue weighted by Crippen LogP contribution is -2.41. The van der Waals surface area contributed by atoms with Gasteiger partial charge in [-0.3, -0.25) is 9.59 Å². The number of nitrogens with zero attached hydrogens (tertiary/aromatic N) is 4. The first-order valence-corrected chi connectivity index (χ1v) is 10.5. The molecule has 158 valence electrons. The number of amides is 2. The highest BCUT2D eigenvalue weighted by Crippen LogP contribution is 2.24. The van der Waals surface area contributed by atoms with Crippen molar-refractivity contribution < 1.29 is 14.3 Å². The molecule has 2 amide bonds. The Morgan fingerprint density at radius 2 is 1.87 bits per heavy atom. The summed E-state index contributed by atoms with van der Waals surface area (Å²) in [5.74, 6) is 0.0141. The quantitative estimate of drug-likeness (QED) is 0.804. The van der Waals surface area contributed by atoms with Gasteiger partial charge in [0.2, 0.25) is 5.95 Å². The summed E-state index contributed by atoms with van der Waals surface area (Å²) in [5, 5.41) is 3.04. The van der Waals surface area contributed by atoms with Gasteiger partial charge in [-0.25, -0.2) is 9.97 Å². The van der Waals surface area contributed by atoms with Crippen LogP contribution >= 0.6 is 11.6 Å². The molecule has 8 nitrogen and oxygen atoms in total. The van der Waals surface area contributed by atoms with Crippen molar-refractivity contribution in [3.63, 3.8) is 0 Å². The predicted molar refractivity (Wildman–Crippen MR) is 114 cm³/mol. The lowest BCUT2D eigenvalue weighted by molar-refractivity contribution is 0.0302. The average molecular weight is 430 g/mol. The van der Waals surface area contributed by atoms with E-state index in [1.165, 1.54) is 6.20 Å². The molecule has 1 aromatic carbocycles. The van der Waals surface area contributed by atoms with Gasteiger partial charge in [-0.15, -0.1) is 0 Å². The number of ether oxygens (including phenoxy) is 1. The molecule has 0 unspecified atom stereocenters. The van der Waals surface area contributed by atoms with Crippen LogP contribution in [0, 0.1) is 6.92 Å². The fourth-order valence-corrected chi connectivity index (χ4v) is 3.88. The van der Waals surface area contributed by atoms with Gasteiger partial charge in [0.1, 0.15) is 0 Å². The van der Waals surface area contributed by atoms with Crippen LogP contribution in [-0.4, -0.2) is 66.1 Å². The van der Waals surface area contributed by atoms with Crippen molar-refractivity contribution in [1.82, 2.24) is 14.9 Å². The summed E-state index contributed by atoms with van der Waals surface area (Å²) in [6.07, 6.45) is 3.62. The number of benzene rings is 1. The second kappa shape index (κ2) is 8.97. The molecule has 1 N–H and O–H groups in total. The minimum atomic E-state index is -0.429. The van der Waals surface area contributed by atoms with Crippen molar-refractivity contribution >= 4 is 35.1 Å². The van der Waals surface area contributed by atoms with Gasteiger partial charge in [0.15, 0.2) is 5.69 Å². The Balaban J connectivity index is 1.55. The highest BCUT2D eigenvalue weighted by Gasteiger charge is 2.23. The van der Waals surface area contributed by atoms with E-state index in [1.807, 2.05) is 11.8 Å². The number of aromatic nitrogens is 2. The number of halogens is 1. The summed E-state index contributed by atoms with van der Waals surface area (Å²) in [4.78, 5) is 38.3. The first-order valence-electron chi connectivity index (χ1n) is 10.1. The van der Waals surface area contributed by atoms with Gasteiger partial charge in [0.25, 0.3) is 11.8 Å². The molecule has 2 aromatic rings. The fourth-order valence-electron chi connectivity index (χ4n) is 3.71. The van der Waals surface area contributed by atoms with Crippen molar-refractivity contribution in [1.29, 1.82) is 0 Å². The monoisotopic (exact) mass is 429 g/mol. The summed E-state index contributed by atoms with van der Waals surface area (Å²) < 4.78 is 5.32. The highest BCUT2D eigenvalue weighted by molar-refractivity contribution is 6.34. The number of morpholine rings is 1. The lowest BCUT2D eigenvalue weighted by atomic mass is 10.0. The number of hydrogen-bond acceptors (Lipinski definition) is 6. The Bertz CT molecular complexity index is 956. The average Bonchev–Trinajstić information content (AvgIpc) is 3.30. The maximum Gasteiger partial charge on any atom is 0.276 e. The van der Waals surface area contributed by atoms with Crippen LogP contribution < -0.4 is 10.2 Å². The van der Waals surface area contributed by atoms with Crippen molar-refractivity contribution in [3.8, 4) is 0 Å². The van der Waals surface area contributed by atoms with Gasteiger partial charge in [0.05, 0.1) is 24.4 Å². The van der Waals surface area contributed by atoms with Crippen molar-refractivity contribution in [3.05, 3.63) is 46.2 Å². The third-order valence-corrected chi connectivity index (χ3v) is 5.72. The molecule has 4 rings (SSSR count). The van der Waals surface area contributed by atoms with Crippen LogP contribution in [0.2, 0.25) is 5.02 Å². The van der Waals surface area contributed by atoms with Crippen LogP contribution in [0.15, 0.2) is 24.4 Å². The van der Waals surface area contributed by atoms with Gasteiger partial charge in [-0.1, -0.05) is 17.7 Å². The predicted octanol–water partition coefficient (Wildman–Crippen LogP) is 2.76. The lowest BCUT2D eigenvalue weighted by Gasteiger charge is -2.27. The first kappa shape index (κ1) is 20.6. The molecular formula is C21H24ClN5O3. The van der Waals surface area contributed by atoms with Gasteiger partial charge in [-0.2, -0.15) is 0 Å². The third-order valence-electron chi connectivity index (χ3n) is 5.45. The zero-order chi connectivity index (χ0) is 21.1. The van der Waals surface area contributed by atoms with Gasteiger partial charge < -0.3 is 19.9 Å². The molecule has 3 heterocycles. The number of carbonyl (C=O) groups is 2. The molecule has 0 saturated carbocycles. The smallest absolute Gasteiger partial charge is 0.276 e. The number of nitrogens with one attached hydrogen (secondary N) is 1. The van der Waals surface area contributed by atoms with E-state index in [0.29, 0.717) is 49.1 Å². The standard InChI is InChI=1S/C21H24ClN5O3/c1-14-15(20(29)26-9-11-30-12-10-26)5-4-6-17(14)24-19(28)18-16(22)13-23-21(25-18)27-7-2-3-8-27/h4-6,13H,2-3,7-12H2,1H3,(H,24,28). The van der Waals surface area contributed by atoms with E-state index in [9.17, 15) is 9.59 Å². The third kappa shape index (κ3) is 4.24. The Morgan fingerprint density at radius 1 is 1.13 bits per heavy atom. The Kier molecular flexibility index (Phi) is 6.15. The molecule has 0 bridgehead atoms. The van der Waals surface area contributed by atoms with E-state index < -0.39 is 5.91 Å². The van der Waals surface area contributed by atoms with Gasteiger partial charge >= 0.3 is 0 Å². The van der Waals surface area contributed by atoms with Crippen LogP contribution in [0.4, 0.5) is 11.6 Å². The fraction of sp³-hybridized carbons (Fsp3) is 0.429. The zero-order valence-electron chi connectivity index (χ0n) is 16.9. The van der Waals surface area contributed by atoms with E-state index >= 15 is 0 Å². The van der Waals surface area contributed by atoms with E-state index in [1.54, 1.807) is 23.1 Å². The molecule has 0 radical (unpaired) electrons. The van der Waals surface area contributed by atoms with Crippen molar-refractivity contribution in [2.24, 2.45) is 0 Å². The van der Waals surface area contributed by atoms with Crippen LogP contribution in [0.1, 0.15) is 39.3 Å².